The summed E-state index contributed by atoms with van der Waals surface area (Å²) in [6.07, 6.45) is 18.9. The van der Waals surface area contributed by atoms with Crippen LogP contribution in [0, 0.1) is 45.8 Å². The summed E-state index contributed by atoms with van der Waals surface area (Å²) in [4.78, 5) is 0. The smallest absolute Gasteiger partial charge is 0.0543 e. The highest BCUT2D eigenvalue weighted by molar-refractivity contribution is 5.32. The maximum atomic E-state index is 10.3. The van der Waals surface area contributed by atoms with Crippen LogP contribution in [0.25, 0.3) is 0 Å². The number of hydrogen-bond acceptors (Lipinski definition) is 1. The summed E-state index contributed by atoms with van der Waals surface area (Å²) in [5.41, 5.74) is 3.08. The van der Waals surface area contributed by atoms with Crippen LogP contribution in [-0.2, 0) is 0 Å². The molecule has 0 aromatic heterocycles. The zero-order valence-electron chi connectivity index (χ0n) is 20.0. The molecule has 0 heterocycles. The van der Waals surface area contributed by atoms with Crippen LogP contribution in [0.4, 0.5) is 0 Å². The Morgan fingerprint density at radius 3 is 2.55 bits per heavy atom. The monoisotopic (exact) mass is 398 g/mol. The zero-order valence-corrected chi connectivity index (χ0v) is 20.0. The number of allylic oxidation sites excluding steroid dienone is 4. The molecule has 0 bridgehead atoms. The van der Waals surface area contributed by atoms with Crippen molar-refractivity contribution in [1.29, 1.82) is 0 Å². The number of aliphatic hydroxyl groups is 1. The van der Waals surface area contributed by atoms with Crippen LogP contribution in [0.1, 0.15) is 99.3 Å². The average Bonchev–Trinajstić information content (AvgIpc) is 2.93. The topological polar surface area (TPSA) is 20.2 Å². The van der Waals surface area contributed by atoms with E-state index < -0.39 is 0 Å². The molecule has 8 atom stereocenters. The van der Waals surface area contributed by atoms with Gasteiger partial charge in [-0.25, -0.2) is 0 Å². The maximum absolute atomic E-state index is 10.3. The first kappa shape index (κ1) is 21.7. The molecular weight excluding hydrogens is 352 g/mol. The Morgan fingerprint density at radius 2 is 1.83 bits per heavy atom. The van der Waals surface area contributed by atoms with Crippen molar-refractivity contribution in [3.63, 3.8) is 0 Å². The lowest BCUT2D eigenvalue weighted by atomic mass is 9.43. The molecule has 0 spiro atoms. The predicted molar refractivity (Wildman–Crippen MR) is 124 cm³/mol. The van der Waals surface area contributed by atoms with Gasteiger partial charge in [-0.05, 0) is 104 Å². The summed E-state index contributed by atoms with van der Waals surface area (Å²) in [7, 11) is 0. The molecule has 8 unspecified atom stereocenters. The van der Waals surface area contributed by atoms with E-state index in [4.69, 9.17) is 0 Å². The highest BCUT2D eigenvalue weighted by atomic mass is 16.3. The summed E-state index contributed by atoms with van der Waals surface area (Å²) >= 11 is 0. The number of aliphatic hydroxyl groups excluding tert-OH is 1. The van der Waals surface area contributed by atoms with E-state index in [1.165, 1.54) is 44.9 Å². The third-order valence-electron chi connectivity index (χ3n) is 10.6. The van der Waals surface area contributed by atoms with Crippen LogP contribution in [0.3, 0.4) is 0 Å². The van der Waals surface area contributed by atoms with Crippen LogP contribution >= 0.6 is 0 Å². The molecule has 0 aromatic carbocycles. The zero-order chi connectivity index (χ0) is 21.0. The van der Waals surface area contributed by atoms with E-state index in [0.717, 1.165) is 30.6 Å². The van der Waals surface area contributed by atoms with Gasteiger partial charge in [0.15, 0.2) is 0 Å². The summed E-state index contributed by atoms with van der Waals surface area (Å²) in [6, 6.07) is 0. The highest BCUT2D eigenvalue weighted by Crippen LogP contribution is 2.72. The van der Waals surface area contributed by atoms with Gasteiger partial charge < -0.3 is 5.11 Å². The van der Waals surface area contributed by atoms with Gasteiger partial charge in [0.2, 0.25) is 0 Å². The van der Waals surface area contributed by atoms with E-state index in [0.29, 0.717) is 28.1 Å². The van der Waals surface area contributed by atoms with Crippen LogP contribution in [-0.4, -0.2) is 11.2 Å². The molecule has 0 aliphatic heterocycles. The maximum Gasteiger partial charge on any atom is 0.0543 e. The van der Waals surface area contributed by atoms with Crippen molar-refractivity contribution in [3.05, 3.63) is 23.8 Å². The lowest BCUT2D eigenvalue weighted by molar-refractivity contribution is -0.0608. The molecule has 4 aliphatic carbocycles. The first-order chi connectivity index (χ1) is 13.6. The number of rotatable bonds is 4. The fourth-order valence-corrected chi connectivity index (χ4v) is 8.46. The molecule has 1 nitrogen and oxygen atoms in total. The van der Waals surface area contributed by atoms with Gasteiger partial charge in [0, 0.05) is 0 Å². The van der Waals surface area contributed by atoms with E-state index in [-0.39, 0.29) is 6.10 Å². The Hall–Kier alpha value is -0.560. The third-order valence-corrected chi connectivity index (χ3v) is 10.6. The van der Waals surface area contributed by atoms with Gasteiger partial charge in [-0.15, -0.1) is 0 Å². The largest absolute Gasteiger partial charge is 0.393 e. The lowest BCUT2D eigenvalue weighted by Gasteiger charge is -2.61. The molecule has 1 heteroatoms. The number of fused-ring (bicyclic) bond motifs is 5. The van der Waals surface area contributed by atoms with Gasteiger partial charge in [0.1, 0.15) is 0 Å². The molecule has 3 fully saturated rings. The van der Waals surface area contributed by atoms with E-state index in [1.807, 2.05) is 5.57 Å². The minimum atomic E-state index is -0.0539. The van der Waals surface area contributed by atoms with Crippen molar-refractivity contribution in [2.75, 3.05) is 0 Å². The van der Waals surface area contributed by atoms with Gasteiger partial charge >= 0.3 is 0 Å². The standard InChI is InChI=1S/C28H46O/c1-19(2)8-7-9-20(3)23-13-16-28(6)25-11-10-21-18-22(29)12-15-26(21,4)24(25)14-17-27(23,28)5/h7,9,11,19-24,29H,8,10,12-18H2,1-6H3. The van der Waals surface area contributed by atoms with Gasteiger partial charge in [-0.1, -0.05) is 65.3 Å². The minimum Gasteiger partial charge on any atom is -0.393 e. The van der Waals surface area contributed by atoms with Crippen molar-refractivity contribution >= 4 is 0 Å². The highest BCUT2D eigenvalue weighted by Gasteiger charge is 2.63. The first-order valence-corrected chi connectivity index (χ1v) is 12.7. The molecular formula is C28H46O. The molecule has 3 saturated carbocycles. The van der Waals surface area contributed by atoms with Crippen molar-refractivity contribution in [2.24, 2.45) is 45.8 Å². The van der Waals surface area contributed by atoms with Crippen LogP contribution in [0.15, 0.2) is 23.8 Å². The second-order valence-corrected chi connectivity index (χ2v) is 12.4. The Labute approximate surface area is 180 Å². The second-order valence-electron chi connectivity index (χ2n) is 12.4. The van der Waals surface area contributed by atoms with Crippen molar-refractivity contribution in [3.8, 4) is 0 Å². The Balaban J connectivity index is 1.60. The quantitative estimate of drug-likeness (QED) is 0.484. The fraction of sp³-hybridized carbons (Fsp3) is 0.857. The molecule has 4 rings (SSSR count). The fourth-order valence-electron chi connectivity index (χ4n) is 8.46. The van der Waals surface area contributed by atoms with E-state index in [9.17, 15) is 5.11 Å². The minimum absolute atomic E-state index is 0.0539. The van der Waals surface area contributed by atoms with Gasteiger partial charge in [0.05, 0.1) is 6.10 Å². The van der Waals surface area contributed by atoms with E-state index in [2.05, 4.69) is 59.8 Å². The van der Waals surface area contributed by atoms with Crippen LogP contribution in [0.2, 0.25) is 0 Å². The van der Waals surface area contributed by atoms with Gasteiger partial charge in [-0.3, -0.25) is 0 Å². The Kier molecular flexibility index (Phi) is 5.63. The van der Waals surface area contributed by atoms with E-state index >= 15 is 0 Å². The summed E-state index contributed by atoms with van der Waals surface area (Å²) < 4.78 is 0. The molecule has 0 saturated heterocycles. The lowest BCUT2D eigenvalue weighted by Crippen LogP contribution is -2.53. The van der Waals surface area contributed by atoms with E-state index in [1.54, 1.807) is 0 Å². The average molecular weight is 399 g/mol. The van der Waals surface area contributed by atoms with Crippen molar-refractivity contribution in [2.45, 2.75) is 105 Å². The van der Waals surface area contributed by atoms with Crippen molar-refractivity contribution < 1.29 is 5.11 Å². The molecule has 0 radical (unpaired) electrons. The molecule has 0 aromatic rings. The summed E-state index contributed by atoms with van der Waals surface area (Å²) in [6.45, 7) is 15.0. The molecule has 1 N–H and O–H groups in total. The summed E-state index contributed by atoms with van der Waals surface area (Å²) in [5, 5.41) is 10.3. The molecule has 164 valence electrons. The van der Waals surface area contributed by atoms with Crippen molar-refractivity contribution in [1.82, 2.24) is 0 Å². The van der Waals surface area contributed by atoms with Crippen LogP contribution < -0.4 is 0 Å². The first-order valence-electron chi connectivity index (χ1n) is 12.7. The molecule has 4 aliphatic rings. The number of hydrogen-bond donors (Lipinski definition) is 1. The molecule has 0 amide bonds. The van der Waals surface area contributed by atoms with Gasteiger partial charge in [0.25, 0.3) is 0 Å². The normalized spacial score (nSPS) is 48.2. The predicted octanol–water partition coefficient (Wildman–Crippen LogP) is 7.55. The Morgan fingerprint density at radius 1 is 1.07 bits per heavy atom. The molecule has 29 heavy (non-hydrogen) atoms. The van der Waals surface area contributed by atoms with Gasteiger partial charge in [-0.2, -0.15) is 0 Å². The Bertz CT molecular complexity index is 674. The summed E-state index contributed by atoms with van der Waals surface area (Å²) in [5.74, 6) is 3.72. The third kappa shape index (κ3) is 3.29. The second kappa shape index (κ2) is 7.54. The SMILES string of the molecule is CC(C)CC=CC(C)C1CCC2(C)C3=CCC4CC(O)CCC4(C)C3CCC12C. The van der Waals surface area contributed by atoms with Crippen LogP contribution in [0.5, 0.6) is 0 Å².